The molecule has 0 spiro atoms. The first-order chi connectivity index (χ1) is 41.1. The normalized spacial score (nSPS) is 13.4. The Labute approximate surface area is 503 Å². The molecule has 0 amide bonds. The molecule has 9 aromatic carbocycles. The summed E-state index contributed by atoms with van der Waals surface area (Å²) >= 11 is 0. The van der Waals surface area contributed by atoms with Crippen molar-refractivity contribution in [3.05, 3.63) is 323 Å². The monoisotopic (exact) mass is 1100 g/mol. The van der Waals surface area contributed by atoms with E-state index in [0.29, 0.717) is 0 Å². The Balaban J connectivity index is 0.886. The number of rotatable bonds is 26. The molecule has 2 unspecified atom stereocenters. The van der Waals surface area contributed by atoms with Crippen molar-refractivity contribution in [3.63, 3.8) is 0 Å². The fraction of sp³-hybridized carbons (Fsp3) is 0.195. The van der Waals surface area contributed by atoms with E-state index in [4.69, 9.17) is 0 Å². The van der Waals surface area contributed by atoms with Crippen molar-refractivity contribution in [1.82, 2.24) is 0 Å². The van der Waals surface area contributed by atoms with Crippen LogP contribution in [0.1, 0.15) is 135 Å². The maximum atomic E-state index is 2.44. The van der Waals surface area contributed by atoms with Gasteiger partial charge in [0.2, 0.25) is 0 Å². The first kappa shape index (κ1) is 59.6. The van der Waals surface area contributed by atoms with Crippen molar-refractivity contribution >= 4 is 70.6 Å². The fourth-order valence-electron chi connectivity index (χ4n) is 11.0. The van der Waals surface area contributed by atoms with Gasteiger partial charge in [-0.2, -0.15) is 0 Å². The van der Waals surface area contributed by atoms with E-state index in [2.05, 4.69) is 349 Å². The fourth-order valence-corrected chi connectivity index (χ4v) is 11.0. The van der Waals surface area contributed by atoms with Crippen LogP contribution in [0.25, 0.3) is 36.5 Å². The summed E-state index contributed by atoms with van der Waals surface area (Å²) in [6, 6.07) is 83.9. The highest BCUT2D eigenvalue weighted by Gasteiger charge is 2.25. The molecule has 0 aliphatic heterocycles. The Morgan fingerprint density at radius 3 is 0.940 bits per heavy atom. The predicted molar refractivity (Wildman–Crippen MR) is 368 cm³/mol. The van der Waals surface area contributed by atoms with Crippen molar-refractivity contribution in [2.75, 3.05) is 9.80 Å². The summed E-state index contributed by atoms with van der Waals surface area (Å²) in [5, 5.41) is 0. The predicted octanol–water partition coefficient (Wildman–Crippen LogP) is 23.8. The molecule has 9 rings (SSSR count). The summed E-state index contributed by atoms with van der Waals surface area (Å²) in [4.78, 5) is 4.73. The van der Waals surface area contributed by atoms with Gasteiger partial charge in [-0.15, -0.1) is 0 Å². The maximum absolute atomic E-state index is 2.44. The molecule has 0 aromatic heterocycles. The van der Waals surface area contributed by atoms with E-state index >= 15 is 0 Å². The summed E-state index contributed by atoms with van der Waals surface area (Å²) in [7, 11) is 0. The van der Waals surface area contributed by atoms with Gasteiger partial charge >= 0.3 is 0 Å². The lowest BCUT2D eigenvalue weighted by molar-refractivity contribution is 0.499. The van der Waals surface area contributed by atoms with Crippen LogP contribution in [-0.2, 0) is 10.8 Å². The highest BCUT2D eigenvalue weighted by Crippen LogP contribution is 2.40. The molecule has 0 fully saturated rings. The zero-order valence-electron chi connectivity index (χ0n) is 50.4. The Bertz CT molecular complexity index is 3600. The van der Waals surface area contributed by atoms with Gasteiger partial charge in [-0.05, 0) is 144 Å². The van der Waals surface area contributed by atoms with Gasteiger partial charge in [0.25, 0.3) is 0 Å². The number of unbranched alkanes of at least 4 members (excludes halogenated alkanes) is 4. The molecule has 0 radical (unpaired) electrons. The SMILES string of the molecule is CCCCCC(C)(C=CC=Cc1ccccc1)c1ccc(N(c2ccc(C)cc2)c2ccc(C=Cc3ccc(C=CC(C)(CCCCC)c4ccc(N(c5ccc(C)cc5)c5ccc(C=CC=Cc6ccccc6)cc5)cc4)cc3)cc2)cc1. The van der Waals surface area contributed by atoms with Crippen molar-refractivity contribution < 1.29 is 0 Å². The van der Waals surface area contributed by atoms with Crippen molar-refractivity contribution in [1.29, 1.82) is 0 Å². The molecule has 0 heterocycles. The van der Waals surface area contributed by atoms with Gasteiger partial charge in [-0.25, -0.2) is 0 Å². The molecule has 0 saturated carbocycles. The van der Waals surface area contributed by atoms with E-state index in [-0.39, 0.29) is 10.8 Å². The Kier molecular flexibility index (Phi) is 21.2. The van der Waals surface area contributed by atoms with Crippen LogP contribution in [0, 0.1) is 13.8 Å². The van der Waals surface area contributed by atoms with Gasteiger partial charge < -0.3 is 9.80 Å². The third-order valence-corrected chi connectivity index (χ3v) is 16.3. The van der Waals surface area contributed by atoms with E-state index < -0.39 is 0 Å². The molecular formula is C82H84N2. The number of nitrogens with zero attached hydrogens (tertiary/aromatic N) is 2. The molecule has 0 N–H and O–H groups in total. The third-order valence-electron chi connectivity index (χ3n) is 16.3. The number of aryl methyl sites for hydroxylation is 2. The lowest BCUT2D eigenvalue weighted by atomic mass is 9.77. The van der Waals surface area contributed by atoms with Gasteiger partial charge in [0, 0.05) is 45.0 Å². The molecule has 0 saturated heterocycles. The largest absolute Gasteiger partial charge is 0.311 e. The molecule has 0 bridgehead atoms. The number of anilines is 6. The second kappa shape index (κ2) is 29.8. The molecule has 422 valence electrons. The molecular weight excluding hydrogens is 1010 g/mol. The molecule has 2 nitrogen and oxygen atoms in total. The number of hydrogen-bond acceptors (Lipinski definition) is 2. The molecule has 2 atom stereocenters. The highest BCUT2D eigenvalue weighted by atomic mass is 15.1. The van der Waals surface area contributed by atoms with E-state index in [1.54, 1.807) is 0 Å². The second-order valence-corrected chi connectivity index (χ2v) is 23.0. The zero-order valence-corrected chi connectivity index (χ0v) is 50.4. The van der Waals surface area contributed by atoms with E-state index in [1.165, 1.54) is 83.0 Å². The Morgan fingerprint density at radius 1 is 0.286 bits per heavy atom. The van der Waals surface area contributed by atoms with Crippen LogP contribution in [0.5, 0.6) is 0 Å². The molecule has 0 aliphatic rings. The number of hydrogen-bond donors (Lipinski definition) is 0. The number of benzene rings is 9. The van der Waals surface area contributed by atoms with Crippen molar-refractivity contribution in [2.24, 2.45) is 0 Å². The van der Waals surface area contributed by atoms with Crippen LogP contribution in [0.3, 0.4) is 0 Å². The quantitative estimate of drug-likeness (QED) is 0.0303. The van der Waals surface area contributed by atoms with Crippen LogP contribution in [0.4, 0.5) is 34.1 Å². The lowest BCUT2D eigenvalue weighted by Gasteiger charge is -2.29. The maximum Gasteiger partial charge on any atom is 0.0462 e. The van der Waals surface area contributed by atoms with Crippen LogP contribution in [-0.4, -0.2) is 0 Å². The standard InChI is InChI=1S/C82H84N2/c1-7-9-20-61-81(5,63-22-19-29-68-25-15-12-16-26-68)73-44-56-79(57-45-73)84(76-50-32-66(4)33-51-76)78-54-42-71(43-55-78)35-34-70-36-38-72(39-37-70)60-64-82(6,62-21-10-8-2)74-46-58-80(59-47-74)83(75-48-30-65(3)31-49-75)77-52-40-69(41-53-77)28-18-17-27-67-23-13-11-14-24-67/h11-19,22-60,63-64H,7-10,20-21,61-62H2,1-6H3. The summed E-state index contributed by atoms with van der Waals surface area (Å²) in [6.07, 6.45) is 36.1. The topological polar surface area (TPSA) is 6.48 Å². The lowest BCUT2D eigenvalue weighted by Crippen LogP contribution is -2.19. The smallest absolute Gasteiger partial charge is 0.0462 e. The Morgan fingerprint density at radius 2 is 0.571 bits per heavy atom. The summed E-state index contributed by atoms with van der Waals surface area (Å²) in [6.45, 7) is 13.7. The van der Waals surface area contributed by atoms with Gasteiger partial charge in [-0.1, -0.05) is 308 Å². The van der Waals surface area contributed by atoms with Crippen molar-refractivity contribution in [3.8, 4) is 0 Å². The van der Waals surface area contributed by atoms with Crippen LogP contribution >= 0.6 is 0 Å². The van der Waals surface area contributed by atoms with Gasteiger partial charge in [0.15, 0.2) is 0 Å². The van der Waals surface area contributed by atoms with Crippen LogP contribution in [0.2, 0.25) is 0 Å². The van der Waals surface area contributed by atoms with Crippen LogP contribution in [0.15, 0.2) is 267 Å². The minimum atomic E-state index is -0.137. The molecule has 9 aromatic rings. The molecule has 2 heteroatoms. The van der Waals surface area contributed by atoms with E-state index in [9.17, 15) is 0 Å². The Hall–Kier alpha value is -8.98. The van der Waals surface area contributed by atoms with Crippen molar-refractivity contribution in [2.45, 2.75) is 104 Å². The third kappa shape index (κ3) is 16.6. The summed E-state index contributed by atoms with van der Waals surface area (Å²) in [5.41, 5.74) is 18.8. The molecule has 0 aliphatic carbocycles. The first-order valence-electron chi connectivity index (χ1n) is 30.5. The van der Waals surface area contributed by atoms with Crippen LogP contribution < -0.4 is 9.80 Å². The average molecular weight is 1100 g/mol. The van der Waals surface area contributed by atoms with Gasteiger partial charge in [0.1, 0.15) is 0 Å². The molecule has 84 heavy (non-hydrogen) atoms. The minimum absolute atomic E-state index is 0.0826. The summed E-state index contributed by atoms with van der Waals surface area (Å²) < 4.78 is 0. The summed E-state index contributed by atoms with van der Waals surface area (Å²) in [5.74, 6) is 0. The number of allylic oxidation sites excluding steroid dienone is 6. The first-order valence-corrected chi connectivity index (χ1v) is 30.5. The van der Waals surface area contributed by atoms with Gasteiger partial charge in [0.05, 0.1) is 0 Å². The zero-order chi connectivity index (χ0) is 58.4. The second-order valence-electron chi connectivity index (χ2n) is 23.0. The highest BCUT2D eigenvalue weighted by molar-refractivity contribution is 5.80. The van der Waals surface area contributed by atoms with E-state index in [1.807, 2.05) is 6.07 Å². The van der Waals surface area contributed by atoms with E-state index in [0.717, 1.165) is 58.1 Å². The van der Waals surface area contributed by atoms with Gasteiger partial charge in [-0.3, -0.25) is 0 Å². The average Bonchev–Trinajstić information content (AvgIpc) is 3.71. The minimum Gasteiger partial charge on any atom is -0.311 e.